The summed E-state index contributed by atoms with van der Waals surface area (Å²) in [4.78, 5) is 28.3. The Kier molecular flexibility index (Phi) is 4.45. The standard InChI is InChI=1S/C18H27FN2O4/c1-12-10-24-11-13(12)21-8-6-18(15(21)22)5-7-20(9-14(18)19)16(23)25-17(2,3)4/h10,13-14H,5-9,11H2,1-4H3. The van der Waals surface area contributed by atoms with Gasteiger partial charge in [0.15, 0.2) is 0 Å². The Bertz CT molecular complexity index is 600. The lowest BCUT2D eigenvalue weighted by molar-refractivity contribution is -0.144. The maximum atomic E-state index is 15.1. The summed E-state index contributed by atoms with van der Waals surface area (Å²) in [7, 11) is 0. The largest absolute Gasteiger partial charge is 0.499 e. The van der Waals surface area contributed by atoms with E-state index in [-0.39, 0.29) is 18.5 Å². The molecule has 2 saturated heterocycles. The first kappa shape index (κ1) is 18.0. The average Bonchev–Trinajstić information content (AvgIpc) is 3.05. The van der Waals surface area contributed by atoms with Crippen LogP contribution in [0.5, 0.6) is 0 Å². The molecule has 0 saturated carbocycles. The number of nitrogens with zero attached hydrogens (tertiary/aromatic N) is 2. The van der Waals surface area contributed by atoms with Crippen LogP contribution in [0.4, 0.5) is 9.18 Å². The molecule has 2 amide bonds. The minimum Gasteiger partial charge on any atom is -0.499 e. The van der Waals surface area contributed by atoms with E-state index in [4.69, 9.17) is 9.47 Å². The van der Waals surface area contributed by atoms with E-state index in [1.54, 1.807) is 31.9 Å². The second-order valence-electron chi connectivity index (χ2n) is 8.26. The Hall–Kier alpha value is -1.79. The molecule has 3 atom stereocenters. The topological polar surface area (TPSA) is 59.1 Å². The van der Waals surface area contributed by atoms with Crippen molar-refractivity contribution in [3.63, 3.8) is 0 Å². The van der Waals surface area contributed by atoms with Crippen molar-refractivity contribution < 1.29 is 23.5 Å². The zero-order valence-electron chi connectivity index (χ0n) is 15.4. The van der Waals surface area contributed by atoms with Crippen LogP contribution in [0.2, 0.25) is 0 Å². The summed E-state index contributed by atoms with van der Waals surface area (Å²) in [5.74, 6) is -0.146. The lowest BCUT2D eigenvalue weighted by Crippen LogP contribution is -2.55. The minimum absolute atomic E-state index is 0.0928. The minimum atomic E-state index is -1.38. The van der Waals surface area contributed by atoms with E-state index >= 15 is 4.39 Å². The Morgan fingerprint density at radius 2 is 2.04 bits per heavy atom. The molecule has 0 aliphatic carbocycles. The molecule has 25 heavy (non-hydrogen) atoms. The van der Waals surface area contributed by atoms with E-state index in [1.807, 2.05) is 6.92 Å². The number of ether oxygens (including phenoxy) is 2. The third-order valence-corrected chi connectivity index (χ3v) is 5.37. The summed E-state index contributed by atoms with van der Waals surface area (Å²) in [6.07, 6.45) is 0.590. The van der Waals surface area contributed by atoms with Crippen molar-refractivity contribution >= 4 is 12.0 Å². The second-order valence-corrected chi connectivity index (χ2v) is 8.26. The molecular formula is C18H27FN2O4. The number of rotatable bonds is 1. The number of amides is 2. The van der Waals surface area contributed by atoms with Gasteiger partial charge in [0.1, 0.15) is 18.4 Å². The predicted octanol–water partition coefficient (Wildman–Crippen LogP) is 2.49. The summed E-state index contributed by atoms with van der Waals surface area (Å²) >= 11 is 0. The van der Waals surface area contributed by atoms with Gasteiger partial charge in [-0.15, -0.1) is 0 Å². The van der Waals surface area contributed by atoms with Crippen molar-refractivity contribution in [3.05, 3.63) is 11.8 Å². The van der Waals surface area contributed by atoms with Gasteiger partial charge in [-0.1, -0.05) is 0 Å². The van der Waals surface area contributed by atoms with E-state index in [0.29, 0.717) is 32.5 Å². The van der Waals surface area contributed by atoms with Gasteiger partial charge in [0.2, 0.25) is 5.91 Å². The fourth-order valence-electron chi connectivity index (χ4n) is 3.89. The molecule has 3 aliphatic rings. The van der Waals surface area contributed by atoms with Crippen molar-refractivity contribution in [3.8, 4) is 0 Å². The number of likely N-dealkylation sites (tertiary alicyclic amines) is 2. The van der Waals surface area contributed by atoms with Gasteiger partial charge in [0.05, 0.1) is 24.3 Å². The van der Waals surface area contributed by atoms with Crippen LogP contribution < -0.4 is 0 Å². The molecule has 3 heterocycles. The molecule has 0 aromatic rings. The Labute approximate surface area is 147 Å². The van der Waals surface area contributed by atoms with Gasteiger partial charge in [-0.3, -0.25) is 4.79 Å². The van der Waals surface area contributed by atoms with Gasteiger partial charge in [-0.2, -0.15) is 0 Å². The highest BCUT2D eigenvalue weighted by atomic mass is 19.1. The highest BCUT2D eigenvalue weighted by molar-refractivity contribution is 5.86. The molecule has 0 aromatic carbocycles. The van der Waals surface area contributed by atoms with E-state index in [1.165, 1.54) is 4.90 Å². The molecule has 0 radical (unpaired) electrons. The van der Waals surface area contributed by atoms with Gasteiger partial charge < -0.3 is 19.3 Å². The van der Waals surface area contributed by atoms with Crippen molar-refractivity contribution in [2.45, 2.75) is 58.4 Å². The first-order chi connectivity index (χ1) is 11.6. The van der Waals surface area contributed by atoms with E-state index in [9.17, 15) is 9.59 Å². The molecule has 0 aromatic heterocycles. The van der Waals surface area contributed by atoms with Crippen LogP contribution in [0, 0.1) is 5.41 Å². The van der Waals surface area contributed by atoms with E-state index in [0.717, 1.165) is 5.57 Å². The number of halogens is 1. The zero-order valence-corrected chi connectivity index (χ0v) is 15.4. The maximum Gasteiger partial charge on any atom is 0.410 e. The third-order valence-electron chi connectivity index (χ3n) is 5.37. The molecule has 6 nitrogen and oxygen atoms in total. The zero-order chi connectivity index (χ0) is 18.4. The lowest BCUT2D eigenvalue weighted by atomic mass is 9.75. The van der Waals surface area contributed by atoms with Crippen LogP contribution in [0.25, 0.3) is 0 Å². The number of carbonyl (C=O) groups excluding carboxylic acids is 2. The summed E-state index contributed by atoms with van der Waals surface area (Å²) in [5, 5.41) is 0. The predicted molar refractivity (Wildman–Crippen MR) is 89.6 cm³/mol. The van der Waals surface area contributed by atoms with Crippen LogP contribution in [0.3, 0.4) is 0 Å². The number of piperidine rings is 1. The van der Waals surface area contributed by atoms with Gasteiger partial charge in [-0.05, 0) is 46.1 Å². The molecule has 3 aliphatic heterocycles. The highest BCUT2D eigenvalue weighted by Crippen LogP contribution is 2.45. The highest BCUT2D eigenvalue weighted by Gasteiger charge is 2.57. The third kappa shape index (κ3) is 3.20. The van der Waals surface area contributed by atoms with Crippen LogP contribution in [-0.2, 0) is 14.3 Å². The molecule has 0 N–H and O–H groups in total. The van der Waals surface area contributed by atoms with Crippen molar-refractivity contribution in [2.75, 3.05) is 26.2 Å². The molecule has 1 spiro atoms. The summed E-state index contributed by atoms with van der Waals surface area (Å²) in [6, 6.07) is -0.0945. The molecule has 7 heteroatoms. The van der Waals surface area contributed by atoms with Crippen molar-refractivity contribution in [1.29, 1.82) is 0 Å². The van der Waals surface area contributed by atoms with Gasteiger partial charge in [0, 0.05) is 13.1 Å². The summed E-state index contributed by atoms with van der Waals surface area (Å²) < 4.78 is 25.7. The first-order valence-electron chi connectivity index (χ1n) is 8.85. The summed E-state index contributed by atoms with van der Waals surface area (Å²) in [5.41, 5.74) is -0.641. The Morgan fingerprint density at radius 3 is 2.60 bits per heavy atom. The van der Waals surface area contributed by atoms with E-state index < -0.39 is 23.3 Å². The fourth-order valence-corrected chi connectivity index (χ4v) is 3.89. The normalized spacial score (nSPS) is 32.8. The number of carbonyl (C=O) groups is 2. The fraction of sp³-hybridized carbons (Fsp3) is 0.778. The van der Waals surface area contributed by atoms with Crippen molar-refractivity contribution in [2.24, 2.45) is 5.41 Å². The molecule has 3 rings (SSSR count). The van der Waals surface area contributed by atoms with Gasteiger partial charge in [-0.25, -0.2) is 9.18 Å². The smallest absolute Gasteiger partial charge is 0.410 e. The van der Waals surface area contributed by atoms with E-state index in [2.05, 4.69) is 0 Å². The van der Waals surface area contributed by atoms with Crippen LogP contribution in [0.1, 0.15) is 40.5 Å². The number of alkyl halides is 1. The Balaban J connectivity index is 1.68. The maximum absolute atomic E-state index is 15.1. The monoisotopic (exact) mass is 354 g/mol. The lowest BCUT2D eigenvalue weighted by Gasteiger charge is -2.41. The first-order valence-corrected chi connectivity index (χ1v) is 8.85. The quantitative estimate of drug-likeness (QED) is 0.726. The van der Waals surface area contributed by atoms with Crippen molar-refractivity contribution in [1.82, 2.24) is 9.80 Å². The molecule has 2 fully saturated rings. The average molecular weight is 354 g/mol. The van der Waals surface area contributed by atoms with Gasteiger partial charge >= 0.3 is 6.09 Å². The molecule has 140 valence electrons. The summed E-state index contributed by atoms with van der Waals surface area (Å²) in [6.45, 7) is 8.48. The van der Waals surface area contributed by atoms with Crippen LogP contribution >= 0.6 is 0 Å². The SMILES string of the molecule is CC1=COCC1N1CCC2(CCN(C(=O)OC(C)(C)C)CC2F)C1=O. The molecule has 0 bridgehead atoms. The second kappa shape index (κ2) is 6.18. The van der Waals surface area contributed by atoms with Gasteiger partial charge in [0.25, 0.3) is 0 Å². The number of hydrogen-bond donors (Lipinski definition) is 0. The molecular weight excluding hydrogens is 327 g/mol. The Morgan fingerprint density at radius 1 is 1.36 bits per heavy atom. The molecule has 3 unspecified atom stereocenters. The number of hydrogen-bond acceptors (Lipinski definition) is 4. The van der Waals surface area contributed by atoms with Crippen LogP contribution in [-0.4, -0.2) is 65.9 Å². The van der Waals surface area contributed by atoms with Crippen LogP contribution in [0.15, 0.2) is 11.8 Å².